The summed E-state index contributed by atoms with van der Waals surface area (Å²) in [5.41, 5.74) is 0.993. The van der Waals surface area contributed by atoms with E-state index in [9.17, 15) is 33.8 Å². The molecule has 2 saturated heterocycles. The van der Waals surface area contributed by atoms with Gasteiger partial charge in [-0.1, -0.05) is 41.4 Å². The molecule has 1 saturated carbocycles. The summed E-state index contributed by atoms with van der Waals surface area (Å²) in [6.45, 7) is 1.90. The molecule has 2 heterocycles. The number of fused-ring (bicyclic) bond motifs is 4. The number of rotatable bonds is 6. The van der Waals surface area contributed by atoms with Crippen molar-refractivity contribution in [2.75, 3.05) is 18.6 Å². The Morgan fingerprint density at radius 2 is 1.66 bits per heavy atom. The molecule has 3 fully saturated rings. The Morgan fingerprint density at radius 1 is 0.936 bits per heavy atom. The van der Waals surface area contributed by atoms with Crippen LogP contribution in [0, 0.1) is 34.9 Å². The van der Waals surface area contributed by atoms with Crippen LogP contribution in [-0.2, 0) is 25.6 Å². The van der Waals surface area contributed by atoms with Crippen LogP contribution < -0.4 is 9.64 Å². The van der Waals surface area contributed by atoms with Gasteiger partial charge < -0.3 is 14.9 Å². The lowest BCUT2D eigenvalue weighted by molar-refractivity contribution is -0.140. The van der Waals surface area contributed by atoms with E-state index in [-0.39, 0.29) is 53.4 Å². The number of ether oxygens (including phenoxy) is 1. The Labute approximate surface area is 275 Å². The molecule has 3 aromatic carbocycles. The molecule has 9 nitrogen and oxygen atoms in total. The zero-order valence-electron chi connectivity index (χ0n) is 25.7. The van der Waals surface area contributed by atoms with E-state index in [1.165, 1.54) is 36.3 Å². The van der Waals surface area contributed by atoms with E-state index >= 15 is 0 Å². The third-order valence-corrected chi connectivity index (χ3v) is 10.9. The molecule has 2 aliphatic heterocycles. The van der Waals surface area contributed by atoms with Gasteiger partial charge in [0.05, 0.1) is 41.0 Å². The highest BCUT2D eigenvalue weighted by molar-refractivity contribution is 6.31. The number of amides is 4. The number of anilines is 1. The van der Waals surface area contributed by atoms with Crippen LogP contribution in [0.2, 0.25) is 5.02 Å². The van der Waals surface area contributed by atoms with Crippen LogP contribution >= 0.6 is 11.6 Å². The summed E-state index contributed by atoms with van der Waals surface area (Å²) in [5, 5.41) is 19.7. The lowest BCUT2D eigenvalue weighted by atomic mass is 9.51. The highest BCUT2D eigenvalue weighted by atomic mass is 35.5. The predicted molar refractivity (Wildman–Crippen MR) is 169 cm³/mol. The van der Waals surface area contributed by atoms with Gasteiger partial charge >= 0.3 is 0 Å². The highest BCUT2D eigenvalue weighted by Gasteiger charge is 2.68. The van der Waals surface area contributed by atoms with Gasteiger partial charge in [0.15, 0.2) is 0 Å². The van der Waals surface area contributed by atoms with Gasteiger partial charge in [-0.15, -0.1) is 0 Å². The van der Waals surface area contributed by atoms with E-state index in [0.717, 1.165) is 22.1 Å². The van der Waals surface area contributed by atoms with Crippen molar-refractivity contribution in [2.24, 2.45) is 29.1 Å². The molecular formula is C36H32ClFN2O7. The molecule has 11 heteroatoms. The van der Waals surface area contributed by atoms with Crippen molar-refractivity contribution in [3.63, 3.8) is 0 Å². The first-order valence-corrected chi connectivity index (χ1v) is 15.9. The van der Waals surface area contributed by atoms with E-state index in [0.29, 0.717) is 17.7 Å². The Hall–Kier alpha value is -4.70. The summed E-state index contributed by atoms with van der Waals surface area (Å²) < 4.78 is 19.8. The van der Waals surface area contributed by atoms with Crippen molar-refractivity contribution in [3.8, 4) is 17.2 Å². The number of phenolic OH excluding ortho intramolecular Hbond substituents is 2. The minimum absolute atomic E-state index is 0.0467. The van der Waals surface area contributed by atoms with E-state index in [2.05, 4.69) is 0 Å². The number of carbonyl (C=O) groups is 4. The lowest BCUT2D eigenvalue weighted by Gasteiger charge is -2.49. The summed E-state index contributed by atoms with van der Waals surface area (Å²) in [5.74, 6) is -5.37. The molecule has 47 heavy (non-hydrogen) atoms. The Morgan fingerprint density at radius 3 is 2.36 bits per heavy atom. The normalized spacial score (nSPS) is 28.3. The quantitative estimate of drug-likeness (QED) is 0.270. The van der Waals surface area contributed by atoms with Crippen LogP contribution in [0.15, 0.2) is 72.3 Å². The summed E-state index contributed by atoms with van der Waals surface area (Å²) in [7, 11) is 1.45. The van der Waals surface area contributed by atoms with Gasteiger partial charge in [-0.2, -0.15) is 0 Å². The second-order valence-corrected chi connectivity index (χ2v) is 13.3. The largest absolute Gasteiger partial charge is 0.508 e. The van der Waals surface area contributed by atoms with Crippen LogP contribution in [0.25, 0.3) is 0 Å². The molecule has 242 valence electrons. The molecule has 0 radical (unpaired) electrons. The number of methoxy groups -OCH3 is 1. The summed E-state index contributed by atoms with van der Waals surface area (Å²) in [6.07, 6.45) is 2.79. The topological polar surface area (TPSA) is 124 Å². The fourth-order valence-electron chi connectivity index (χ4n) is 8.36. The molecule has 2 aliphatic carbocycles. The fourth-order valence-corrected chi connectivity index (χ4v) is 8.53. The van der Waals surface area contributed by atoms with Crippen LogP contribution in [0.5, 0.6) is 17.2 Å². The number of benzene rings is 3. The SMILES string of the molecule is COc1cc(O)ccc1[C@H]1C2=CC[C@@H]3C(=O)N(CCc4ccc(O)cc4)C(=O)[C@@H]3[C@@H]2C[C@H]2C(=O)N(c3ccc(F)c(Cl)c3)C(=O)[C@@]12C. The monoisotopic (exact) mass is 658 g/mol. The van der Waals surface area contributed by atoms with Crippen LogP contribution in [0.1, 0.15) is 36.8 Å². The fraction of sp³-hybridized carbons (Fsp3) is 0.333. The first-order valence-electron chi connectivity index (χ1n) is 15.5. The molecule has 0 unspecified atom stereocenters. The predicted octanol–water partition coefficient (Wildman–Crippen LogP) is 5.37. The first kappa shape index (κ1) is 30.9. The zero-order chi connectivity index (χ0) is 33.4. The average Bonchev–Trinajstić information content (AvgIpc) is 3.41. The Balaban J connectivity index is 1.31. The zero-order valence-corrected chi connectivity index (χ0v) is 26.4. The Bertz CT molecular complexity index is 1880. The number of carbonyl (C=O) groups excluding carboxylic acids is 4. The maximum absolute atomic E-state index is 14.5. The van der Waals surface area contributed by atoms with Gasteiger partial charge in [0.25, 0.3) is 0 Å². The van der Waals surface area contributed by atoms with Gasteiger partial charge in [0, 0.05) is 24.1 Å². The number of hydrogen-bond acceptors (Lipinski definition) is 7. The van der Waals surface area contributed by atoms with Gasteiger partial charge in [0.1, 0.15) is 23.1 Å². The van der Waals surface area contributed by atoms with Crippen LogP contribution in [0.4, 0.5) is 10.1 Å². The van der Waals surface area contributed by atoms with E-state index in [1.54, 1.807) is 37.3 Å². The molecule has 4 amide bonds. The average molecular weight is 659 g/mol. The number of nitrogens with zero attached hydrogens (tertiary/aromatic N) is 2. The van der Waals surface area contributed by atoms with Gasteiger partial charge in [-0.25, -0.2) is 9.29 Å². The standard InChI is InChI=1S/C36H32ClFN2O7/c1-36-26(33(44)40(35(36)46)19-5-12-28(38)27(37)15-19)17-25-22(31(36)23-9-8-21(42)16-29(23)47-2)10-11-24-30(25)34(45)39(32(24)43)14-13-18-3-6-20(41)7-4-18/h3-10,12,15-16,24-26,30-31,41-42H,11,13-14,17H2,1-2H3/t24-,25+,26-,30-,31+,36+/m0/s1. The molecule has 0 spiro atoms. The van der Waals surface area contributed by atoms with Gasteiger partial charge in [-0.3, -0.25) is 24.1 Å². The van der Waals surface area contributed by atoms with Crippen LogP contribution in [0.3, 0.4) is 0 Å². The minimum atomic E-state index is -1.35. The van der Waals surface area contributed by atoms with Crippen molar-refractivity contribution in [1.29, 1.82) is 0 Å². The van der Waals surface area contributed by atoms with Crippen molar-refractivity contribution in [2.45, 2.75) is 32.1 Å². The minimum Gasteiger partial charge on any atom is -0.508 e. The van der Waals surface area contributed by atoms with Crippen molar-refractivity contribution in [3.05, 3.63) is 94.3 Å². The van der Waals surface area contributed by atoms with E-state index in [1.807, 2.05) is 6.08 Å². The van der Waals surface area contributed by atoms with Crippen molar-refractivity contribution < 1.29 is 38.5 Å². The molecule has 0 bridgehead atoms. The Kier molecular flexibility index (Phi) is 7.39. The number of hydrogen-bond donors (Lipinski definition) is 2. The molecule has 4 aliphatic rings. The van der Waals surface area contributed by atoms with Crippen LogP contribution in [-0.4, -0.2) is 52.4 Å². The number of allylic oxidation sites excluding steroid dienone is 2. The number of aromatic hydroxyl groups is 2. The van der Waals surface area contributed by atoms with Crippen molar-refractivity contribution >= 4 is 40.9 Å². The highest BCUT2D eigenvalue weighted by Crippen LogP contribution is 2.64. The molecular weight excluding hydrogens is 627 g/mol. The number of imide groups is 2. The second-order valence-electron chi connectivity index (χ2n) is 12.9. The third-order valence-electron chi connectivity index (χ3n) is 10.6. The lowest BCUT2D eigenvalue weighted by Crippen LogP contribution is -2.49. The van der Waals surface area contributed by atoms with Gasteiger partial charge in [0.2, 0.25) is 23.6 Å². The summed E-state index contributed by atoms with van der Waals surface area (Å²) in [4.78, 5) is 59.0. The van der Waals surface area contributed by atoms with E-state index in [4.69, 9.17) is 16.3 Å². The maximum atomic E-state index is 14.5. The number of likely N-dealkylation sites (tertiary alicyclic amines) is 1. The van der Waals surface area contributed by atoms with Crippen molar-refractivity contribution in [1.82, 2.24) is 4.90 Å². The molecule has 7 rings (SSSR count). The van der Waals surface area contributed by atoms with E-state index < -0.39 is 52.6 Å². The summed E-state index contributed by atoms with van der Waals surface area (Å²) >= 11 is 6.07. The molecule has 6 atom stereocenters. The molecule has 3 aromatic rings. The third kappa shape index (κ3) is 4.64. The second kappa shape index (κ2) is 11.2. The van der Waals surface area contributed by atoms with Gasteiger partial charge in [-0.05, 0) is 74.1 Å². The molecule has 2 N–H and O–H groups in total. The number of phenols is 2. The molecule has 0 aromatic heterocycles. The maximum Gasteiger partial charge on any atom is 0.241 e. The number of halogens is 2. The summed E-state index contributed by atoms with van der Waals surface area (Å²) in [6, 6.07) is 14.9. The smallest absolute Gasteiger partial charge is 0.241 e. The first-order chi connectivity index (χ1) is 22.4.